The summed E-state index contributed by atoms with van der Waals surface area (Å²) in [6.45, 7) is 5.81. The monoisotopic (exact) mass is 464 g/mol. The highest BCUT2D eigenvalue weighted by molar-refractivity contribution is 6.07. The smallest absolute Gasteiger partial charge is 0.253 e. The van der Waals surface area contributed by atoms with Gasteiger partial charge in [0.2, 0.25) is 5.91 Å². The van der Waals surface area contributed by atoms with E-state index in [1.807, 2.05) is 86.1 Å². The van der Waals surface area contributed by atoms with Crippen LogP contribution in [0.15, 0.2) is 91.0 Å². The Kier molecular flexibility index (Phi) is 7.21. The van der Waals surface area contributed by atoms with Crippen molar-refractivity contribution in [3.8, 4) is 5.69 Å². The molecule has 35 heavy (non-hydrogen) atoms. The summed E-state index contributed by atoms with van der Waals surface area (Å²) in [7, 11) is 0. The van der Waals surface area contributed by atoms with Gasteiger partial charge in [-0.3, -0.25) is 9.59 Å². The Bertz CT molecular complexity index is 1360. The molecular weight excluding hydrogens is 436 g/mol. The van der Waals surface area contributed by atoms with Crippen molar-refractivity contribution in [1.29, 1.82) is 0 Å². The Morgan fingerprint density at radius 3 is 2.23 bits per heavy atom. The van der Waals surface area contributed by atoms with Crippen LogP contribution in [0.5, 0.6) is 0 Å². The number of amides is 2. The van der Waals surface area contributed by atoms with Crippen LogP contribution in [0.25, 0.3) is 11.8 Å². The molecule has 1 aromatic heterocycles. The number of nitrogens with zero attached hydrogens (tertiary/aromatic N) is 2. The van der Waals surface area contributed by atoms with Crippen LogP contribution < -0.4 is 10.6 Å². The molecule has 0 bridgehead atoms. The minimum Gasteiger partial charge on any atom is -0.345 e. The molecule has 1 unspecified atom stereocenters. The van der Waals surface area contributed by atoms with Crippen molar-refractivity contribution in [3.63, 3.8) is 0 Å². The van der Waals surface area contributed by atoms with Crippen molar-refractivity contribution in [2.45, 2.75) is 26.8 Å². The van der Waals surface area contributed by atoms with Crippen molar-refractivity contribution >= 4 is 23.6 Å². The first-order valence-electron chi connectivity index (χ1n) is 11.5. The maximum atomic E-state index is 12.9. The third-order valence-corrected chi connectivity index (χ3v) is 5.83. The molecule has 176 valence electrons. The van der Waals surface area contributed by atoms with Crippen LogP contribution in [-0.4, -0.2) is 21.6 Å². The minimum absolute atomic E-state index is 0.167. The molecule has 3 aromatic carbocycles. The summed E-state index contributed by atoms with van der Waals surface area (Å²) < 4.78 is 1.86. The number of rotatable bonds is 7. The molecule has 2 N–H and O–H groups in total. The Labute approximate surface area is 205 Å². The van der Waals surface area contributed by atoms with Gasteiger partial charge in [-0.15, -0.1) is 0 Å². The van der Waals surface area contributed by atoms with Gasteiger partial charge in [0.1, 0.15) is 0 Å². The zero-order chi connectivity index (χ0) is 24.8. The molecule has 0 saturated carbocycles. The van der Waals surface area contributed by atoms with Gasteiger partial charge in [0, 0.05) is 17.3 Å². The second-order valence-corrected chi connectivity index (χ2v) is 8.31. The van der Waals surface area contributed by atoms with Gasteiger partial charge >= 0.3 is 0 Å². The fraction of sp³-hybridized carbons (Fsp3) is 0.138. The number of anilines is 1. The van der Waals surface area contributed by atoms with Crippen LogP contribution in [0.2, 0.25) is 0 Å². The summed E-state index contributed by atoms with van der Waals surface area (Å²) in [6, 6.07) is 26.4. The van der Waals surface area contributed by atoms with E-state index in [-0.39, 0.29) is 17.9 Å². The van der Waals surface area contributed by atoms with E-state index in [9.17, 15) is 9.59 Å². The lowest BCUT2D eigenvalue weighted by molar-refractivity contribution is -0.111. The fourth-order valence-corrected chi connectivity index (χ4v) is 3.94. The van der Waals surface area contributed by atoms with Gasteiger partial charge in [0.25, 0.3) is 5.91 Å². The van der Waals surface area contributed by atoms with E-state index in [0.717, 1.165) is 28.2 Å². The molecule has 0 aliphatic rings. The highest BCUT2D eigenvalue weighted by Gasteiger charge is 2.16. The van der Waals surface area contributed by atoms with Crippen LogP contribution in [0.1, 0.15) is 45.8 Å². The third kappa shape index (κ3) is 5.55. The maximum absolute atomic E-state index is 12.9. The first-order chi connectivity index (χ1) is 16.9. The van der Waals surface area contributed by atoms with Gasteiger partial charge in [-0.1, -0.05) is 60.7 Å². The van der Waals surface area contributed by atoms with E-state index >= 15 is 0 Å². The van der Waals surface area contributed by atoms with Crippen LogP contribution in [-0.2, 0) is 4.79 Å². The van der Waals surface area contributed by atoms with E-state index in [1.54, 1.807) is 30.3 Å². The molecular formula is C29H28N4O2. The van der Waals surface area contributed by atoms with Crippen LogP contribution in [0, 0.1) is 13.8 Å². The van der Waals surface area contributed by atoms with Gasteiger partial charge in [-0.2, -0.15) is 5.10 Å². The van der Waals surface area contributed by atoms with Gasteiger partial charge in [-0.25, -0.2) is 4.68 Å². The molecule has 4 rings (SSSR count). The first-order valence-corrected chi connectivity index (χ1v) is 11.5. The van der Waals surface area contributed by atoms with Crippen molar-refractivity contribution in [2.75, 3.05) is 5.32 Å². The summed E-state index contributed by atoms with van der Waals surface area (Å²) in [5.74, 6) is -0.579. The fourth-order valence-electron chi connectivity index (χ4n) is 3.94. The van der Waals surface area contributed by atoms with E-state index in [1.165, 1.54) is 6.08 Å². The zero-order valence-electron chi connectivity index (χ0n) is 20.0. The second kappa shape index (κ2) is 10.7. The number of para-hydroxylation sites is 2. The van der Waals surface area contributed by atoms with E-state index < -0.39 is 0 Å². The number of aromatic nitrogens is 2. The predicted octanol–water partition coefficient (Wildman–Crippen LogP) is 5.63. The summed E-state index contributed by atoms with van der Waals surface area (Å²) in [4.78, 5) is 25.7. The highest BCUT2D eigenvalue weighted by atomic mass is 16.2. The molecule has 0 aliphatic heterocycles. The molecule has 4 aromatic rings. The average Bonchev–Trinajstić information content (AvgIpc) is 3.17. The number of aryl methyl sites for hydroxylation is 1. The topological polar surface area (TPSA) is 76.0 Å². The molecule has 0 saturated heterocycles. The van der Waals surface area contributed by atoms with Gasteiger partial charge in [0.15, 0.2) is 0 Å². The zero-order valence-corrected chi connectivity index (χ0v) is 20.0. The SMILES string of the molecule is Cc1nn(-c2ccccc2)c(C)c1/C=C/C(=O)Nc1ccccc1C(=O)NC(C)c1ccccc1. The lowest BCUT2D eigenvalue weighted by Gasteiger charge is -2.16. The summed E-state index contributed by atoms with van der Waals surface area (Å²) in [5, 5.41) is 10.4. The highest BCUT2D eigenvalue weighted by Crippen LogP contribution is 2.20. The third-order valence-electron chi connectivity index (χ3n) is 5.83. The average molecular weight is 465 g/mol. The molecule has 0 spiro atoms. The van der Waals surface area contributed by atoms with Crippen molar-refractivity contribution in [3.05, 3.63) is 119 Å². The Balaban J connectivity index is 1.48. The number of carbonyl (C=O) groups is 2. The number of benzene rings is 3. The number of hydrogen-bond acceptors (Lipinski definition) is 3. The van der Waals surface area contributed by atoms with Crippen LogP contribution in [0.4, 0.5) is 5.69 Å². The maximum Gasteiger partial charge on any atom is 0.253 e. The lowest BCUT2D eigenvalue weighted by Crippen LogP contribution is -2.27. The quantitative estimate of drug-likeness (QED) is 0.348. The molecule has 1 heterocycles. The molecule has 0 radical (unpaired) electrons. The number of carbonyl (C=O) groups excluding carboxylic acids is 2. The van der Waals surface area contributed by atoms with E-state index in [4.69, 9.17) is 0 Å². The summed E-state index contributed by atoms with van der Waals surface area (Å²) >= 11 is 0. The Hall–Kier alpha value is -4.45. The van der Waals surface area contributed by atoms with Gasteiger partial charge in [0.05, 0.1) is 28.7 Å². The predicted molar refractivity (Wildman–Crippen MR) is 139 cm³/mol. The Morgan fingerprint density at radius 2 is 1.51 bits per heavy atom. The van der Waals surface area contributed by atoms with Crippen molar-refractivity contribution in [1.82, 2.24) is 15.1 Å². The van der Waals surface area contributed by atoms with Gasteiger partial charge < -0.3 is 10.6 Å². The second-order valence-electron chi connectivity index (χ2n) is 8.31. The minimum atomic E-state index is -0.326. The van der Waals surface area contributed by atoms with Gasteiger partial charge in [-0.05, 0) is 56.7 Å². The molecule has 6 heteroatoms. The standard InChI is InChI=1S/C29H28N4O2/c1-20(23-12-6-4-7-13-23)30-29(35)26-16-10-11-17-27(26)31-28(34)19-18-25-21(2)32-33(22(25)3)24-14-8-5-9-15-24/h4-20H,1-3H3,(H,30,35)(H,31,34)/b19-18+. The van der Waals surface area contributed by atoms with Crippen molar-refractivity contribution in [2.24, 2.45) is 0 Å². The van der Waals surface area contributed by atoms with E-state index in [2.05, 4.69) is 15.7 Å². The number of nitrogens with one attached hydrogen (secondary N) is 2. The molecule has 0 aliphatic carbocycles. The van der Waals surface area contributed by atoms with E-state index in [0.29, 0.717) is 11.3 Å². The summed E-state index contributed by atoms with van der Waals surface area (Å²) in [5.41, 5.74) is 5.47. The largest absolute Gasteiger partial charge is 0.345 e. The Morgan fingerprint density at radius 1 is 0.886 bits per heavy atom. The molecule has 6 nitrogen and oxygen atoms in total. The van der Waals surface area contributed by atoms with Crippen molar-refractivity contribution < 1.29 is 9.59 Å². The molecule has 2 amide bonds. The lowest BCUT2D eigenvalue weighted by atomic mass is 10.1. The number of hydrogen-bond donors (Lipinski definition) is 2. The summed E-state index contributed by atoms with van der Waals surface area (Å²) in [6.07, 6.45) is 3.22. The molecule has 0 fully saturated rings. The normalized spacial score (nSPS) is 11.9. The molecule has 1 atom stereocenters. The van der Waals surface area contributed by atoms with Crippen LogP contribution in [0.3, 0.4) is 0 Å². The van der Waals surface area contributed by atoms with Crippen LogP contribution >= 0.6 is 0 Å². The first kappa shape index (κ1) is 23.7.